The molecule has 0 fully saturated rings. The molecule has 2 amide bonds. The minimum atomic E-state index is -0.682. The minimum absolute atomic E-state index is 0.150. The number of halogens is 2. The summed E-state index contributed by atoms with van der Waals surface area (Å²) in [7, 11) is 0. The summed E-state index contributed by atoms with van der Waals surface area (Å²) in [6, 6.07) is 9.54. The van der Waals surface area contributed by atoms with Crippen LogP contribution in [0.15, 0.2) is 47.1 Å². The molecule has 0 aliphatic rings. The molecule has 2 aromatic heterocycles. The summed E-state index contributed by atoms with van der Waals surface area (Å²) < 4.78 is 10.1. The predicted molar refractivity (Wildman–Crippen MR) is 111 cm³/mol. The van der Waals surface area contributed by atoms with Crippen molar-refractivity contribution in [2.24, 2.45) is 0 Å². The number of thiophene rings is 1. The smallest absolute Gasteiger partial charge is 0.349 e. The maximum Gasteiger partial charge on any atom is 0.349 e. The highest BCUT2D eigenvalue weighted by atomic mass is 35.5. The number of aryl methyl sites for hydroxylation is 1. The second-order valence-corrected chi connectivity index (χ2v) is 7.62. The van der Waals surface area contributed by atoms with Gasteiger partial charge in [0.05, 0.1) is 27.0 Å². The zero-order valence-corrected chi connectivity index (χ0v) is 17.3. The van der Waals surface area contributed by atoms with Crippen molar-refractivity contribution in [3.05, 3.63) is 68.9 Å². The maximum absolute atomic E-state index is 12.3. The Balaban J connectivity index is 1.58. The molecular formula is C19H14Cl2N2O5S. The highest BCUT2D eigenvalue weighted by Gasteiger charge is 2.19. The Kier molecular flexibility index (Phi) is 6.58. The summed E-state index contributed by atoms with van der Waals surface area (Å²) in [5.74, 6) is -1.54. The van der Waals surface area contributed by atoms with Gasteiger partial charge in [0.15, 0.2) is 12.4 Å². The Hall–Kier alpha value is -2.81. The molecule has 29 heavy (non-hydrogen) atoms. The summed E-state index contributed by atoms with van der Waals surface area (Å²) in [4.78, 5) is 36.6. The molecule has 0 saturated carbocycles. The Morgan fingerprint density at radius 3 is 2.66 bits per heavy atom. The molecule has 0 spiro atoms. The molecule has 0 saturated heterocycles. The Morgan fingerprint density at radius 2 is 1.93 bits per heavy atom. The fourth-order valence-electron chi connectivity index (χ4n) is 2.31. The molecular weight excluding hydrogens is 439 g/mol. The largest absolute Gasteiger partial charge is 0.459 e. The molecule has 10 heteroatoms. The normalized spacial score (nSPS) is 10.4. The van der Waals surface area contributed by atoms with Gasteiger partial charge >= 0.3 is 5.97 Å². The third-order valence-electron chi connectivity index (χ3n) is 3.64. The first-order valence-corrected chi connectivity index (χ1v) is 9.78. The summed E-state index contributed by atoms with van der Waals surface area (Å²) >= 11 is 12.9. The van der Waals surface area contributed by atoms with Gasteiger partial charge in [-0.3, -0.25) is 9.59 Å². The van der Waals surface area contributed by atoms with E-state index in [2.05, 4.69) is 10.6 Å². The monoisotopic (exact) mass is 452 g/mol. The van der Waals surface area contributed by atoms with E-state index >= 15 is 0 Å². The molecule has 0 aliphatic carbocycles. The lowest BCUT2D eigenvalue weighted by Crippen LogP contribution is -2.21. The topological polar surface area (TPSA) is 97.6 Å². The fraction of sp³-hybridized carbons (Fsp3) is 0.105. The summed E-state index contributed by atoms with van der Waals surface area (Å²) in [5.41, 5.74) is 0.920. The van der Waals surface area contributed by atoms with Crippen LogP contribution in [0.4, 0.5) is 10.7 Å². The highest BCUT2D eigenvalue weighted by Crippen LogP contribution is 2.30. The van der Waals surface area contributed by atoms with Crippen molar-refractivity contribution < 1.29 is 23.5 Å². The van der Waals surface area contributed by atoms with Crippen molar-refractivity contribution in [2.75, 3.05) is 17.2 Å². The van der Waals surface area contributed by atoms with E-state index in [-0.39, 0.29) is 15.7 Å². The summed E-state index contributed by atoms with van der Waals surface area (Å²) in [6.45, 7) is 1.19. The molecule has 1 aromatic carbocycles. The second-order valence-electron chi connectivity index (χ2n) is 5.78. The van der Waals surface area contributed by atoms with Crippen molar-refractivity contribution in [3.8, 4) is 0 Å². The molecule has 0 radical (unpaired) electrons. The average Bonchev–Trinajstić information content (AvgIpc) is 3.33. The minimum Gasteiger partial charge on any atom is -0.459 e. The lowest BCUT2D eigenvalue weighted by molar-refractivity contribution is -0.119. The molecule has 3 aromatic rings. The number of hydrogen-bond acceptors (Lipinski definition) is 6. The van der Waals surface area contributed by atoms with Crippen LogP contribution in [0.25, 0.3) is 0 Å². The van der Waals surface area contributed by atoms with E-state index in [0.717, 1.165) is 11.3 Å². The van der Waals surface area contributed by atoms with E-state index in [1.54, 1.807) is 37.3 Å². The van der Waals surface area contributed by atoms with E-state index in [9.17, 15) is 14.4 Å². The first kappa shape index (κ1) is 20.9. The van der Waals surface area contributed by atoms with Crippen LogP contribution in [0.2, 0.25) is 10.0 Å². The molecule has 7 nitrogen and oxygen atoms in total. The van der Waals surface area contributed by atoms with Crippen molar-refractivity contribution >= 4 is 63.0 Å². The van der Waals surface area contributed by atoms with Crippen molar-refractivity contribution in [1.82, 2.24) is 0 Å². The third-order valence-corrected chi connectivity index (χ3v) is 5.60. The van der Waals surface area contributed by atoms with E-state index in [4.69, 9.17) is 32.4 Å². The van der Waals surface area contributed by atoms with E-state index < -0.39 is 24.4 Å². The molecule has 2 N–H and O–H groups in total. The predicted octanol–water partition coefficient (Wildman–Crippen LogP) is 5.00. The number of furan rings is 1. The average molecular weight is 453 g/mol. The quantitative estimate of drug-likeness (QED) is 0.512. The number of hydrogen-bond donors (Lipinski definition) is 2. The first-order valence-electron chi connectivity index (χ1n) is 8.21. The number of rotatable bonds is 6. The van der Waals surface area contributed by atoms with Gasteiger partial charge in [-0.25, -0.2) is 4.79 Å². The maximum atomic E-state index is 12.3. The molecule has 0 atom stereocenters. The molecule has 0 aliphatic heterocycles. The van der Waals surface area contributed by atoms with Crippen LogP contribution in [0.3, 0.4) is 0 Å². The van der Waals surface area contributed by atoms with Gasteiger partial charge in [-0.2, -0.15) is 0 Å². The Bertz CT molecular complexity index is 1060. The molecule has 0 bridgehead atoms. The van der Waals surface area contributed by atoms with Gasteiger partial charge in [-0.1, -0.05) is 29.3 Å². The SMILES string of the molecule is Cc1cc(NC(=O)c2ccco2)sc1C(=O)OCC(=O)Nc1cccc(Cl)c1Cl. The van der Waals surface area contributed by atoms with Crippen molar-refractivity contribution in [2.45, 2.75) is 6.92 Å². The van der Waals surface area contributed by atoms with Crippen LogP contribution in [0.5, 0.6) is 0 Å². The molecule has 150 valence electrons. The van der Waals surface area contributed by atoms with E-state index in [0.29, 0.717) is 21.3 Å². The number of nitrogens with one attached hydrogen (secondary N) is 2. The number of carbonyl (C=O) groups excluding carboxylic acids is 3. The summed E-state index contributed by atoms with van der Waals surface area (Å²) in [5, 5.41) is 6.10. The van der Waals surface area contributed by atoms with Gasteiger partial charge in [-0.15, -0.1) is 11.3 Å². The van der Waals surface area contributed by atoms with Gasteiger partial charge in [0.1, 0.15) is 4.88 Å². The van der Waals surface area contributed by atoms with Crippen LogP contribution in [0, 0.1) is 6.92 Å². The van der Waals surface area contributed by atoms with Gasteiger partial charge in [-0.05, 0) is 42.8 Å². The fourth-order valence-corrected chi connectivity index (χ4v) is 3.62. The van der Waals surface area contributed by atoms with Crippen LogP contribution >= 0.6 is 34.5 Å². The molecule has 2 heterocycles. The number of benzene rings is 1. The van der Waals surface area contributed by atoms with Gasteiger partial charge in [0.2, 0.25) is 0 Å². The number of esters is 1. The zero-order valence-electron chi connectivity index (χ0n) is 15.0. The van der Waals surface area contributed by atoms with Gasteiger partial charge < -0.3 is 19.8 Å². The van der Waals surface area contributed by atoms with Crippen LogP contribution in [0.1, 0.15) is 25.8 Å². The third kappa shape index (κ3) is 5.17. The van der Waals surface area contributed by atoms with Crippen LogP contribution < -0.4 is 10.6 Å². The van der Waals surface area contributed by atoms with Gasteiger partial charge in [0.25, 0.3) is 11.8 Å². The number of carbonyl (C=O) groups is 3. The first-order chi connectivity index (χ1) is 13.8. The molecule has 3 rings (SSSR count). The second kappa shape index (κ2) is 9.13. The lowest BCUT2D eigenvalue weighted by atomic mass is 10.3. The zero-order chi connectivity index (χ0) is 21.0. The standard InChI is InChI=1S/C19H14Cl2N2O5S/c1-10-8-15(23-18(25)13-6-3-7-27-13)29-17(10)19(26)28-9-14(24)22-12-5-2-4-11(20)16(12)21/h2-8H,9H2,1H3,(H,22,24)(H,23,25). The Labute approximate surface area is 179 Å². The van der Waals surface area contributed by atoms with E-state index in [1.807, 2.05) is 0 Å². The molecule has 0 unspecified atom stereocenters. The lowest BCUT2D eigenvalue weighted by Gasteiger charge is -2.08. The Morgan fingerprint density at radius 1 is 1.14 bits per heavy atom. The highest BCUT2D eigenvalue weighted by molar-refractivity contribution is 7.18. The van der Waals surface area contributed by atoms with Crippen LogP contribution in [-0.2, 0) is 9.53 Å². The van der Waals surface area contributed by atoms with E-state index in [1.165, 1.54) is 12.3 Å². The van der Waals surface area contributed by atoms with Crippen molar-refractivity contribution in [3.63, 3.8) is 0 Å². The van der Waals surface area contributed by atoms with Gasteiger partial charge in [0, 0.05) is 0 Å². The summed E-state index contributed by atoms with van der Waals surface area (Å²) in [6.07, 6.45) is 1.39. The number of anilines is 2. The van der Waals surface area contributed by atoms with Crippen LogP contribution in [-0.4, -0.2) is 24.4 Å². The van der Waals surface area contributed by atoms with Crippen molar-refractivity contribution in [1.29, 1.82) is 0 Å². The number of amides is 2. The number of ether oxygens (including phenoxy) is 1.